The first-order valence-corrected chi connectivity index (χ1v) is 8.55. The summed E-state index contributed by atoms with van der Waals surface area (Å²) in [5.74, 6) is -0.670. The number of ether oxygens (including phenoxy) is 1. The zero-order valence-electron chi connectivity index (χ0n) is 13.1. The normalized spacial score (nSPS) is 10.5. The Morgan fingerprint density at radius 2 is 1.86 bits per heavy atom. The van der Waals surface area contributed by atoms with Gasteiger partial charge in [-0.1, -0.05) is 35.2 Å². The molecule has 0 fully saturated rings. The number of carbonyl (C=O) groups excluding carboxylic acids is 1. The van der Waals surface area contributed by atoms with Gasteiger partial charge in [0.05, 0.1) is 12.0 Å². The summed E-state index contributed by atoms with van der Waals surface area (Å²) in [5.41, 5.74) is 1.67. The molecular weight excluding hydrogens is 350 g/mol. The Morgan fingerprint density at radius 3 is 2.45 bits per heavy atom. The van der Waals surface area contributed by atoms with E-state index in [1.807, 2.05) is 6.92 Å². The van der Waals surface area contributed by atoms with Gasteiger partial charge in [0.25, 0.3) is 5.69 Å². The molecule has 0 saturated carbocycles. The fourth-order valence-corrected chi connectivity index (χ4v) is 2.77. The molecule has 22 heavy (non-hydrogen) atoms. The molecular formula is C16H22BrNO4. The molecule has 0 saturated heterocycles. The van der Waals surface area contributed by atoms with E-state index in [2.05, 4.69) is 20.7 Å². The van der Waals surface area contributed by atoms with Gasteiger partial charge in [-0.25, -0.2) is 4.79 Å². The summed E-state index contributed by atoms with van der Waals surface area (Å²) >= 11 is 3.41. The summed E-state index contributed by atoms with van der Waals surface area (Å²) < 4.78 is 4.61. The molecule has 122 valence electrons. The van der Waals surface area contributed by atoms with Gasteiger partial charge in [-0.2, -0.15) is 0 Å². The van der Waals surface area contributed by atoms with E-state index in [4.69, 9.17) is 0 Å². The van der Waals surface area contributed by atoms with E-state index in [-0.39, 0.29) is 11.3 Å². The first-order valence-electron chi connectivity index (χ1n) is 7.43. The first kappa shape index (κ1) is 18.6. The summed E-state index contributed by atoms with van der Waals surface area (Å²) in [6.45, 7) is 1.87. The highest BCUT2D eigenvalue weighted by Crippen LogP contribution is 2.25. The van der Waals surface area contributed by atoms with Crippen molar-refractivity contribution in [2.75, 3.05) is 12.4 Å². The number of alkyl halides is 1. The Hall–Kier alpha value is -1.43. The molecule has 0 aliphatic heterocycles. The maximum Gasteiger partial charge on any atom is 0.344 e. The topological polar surface area (TPSA) is 69.4 Å². The third-order valence-corrected chi connectivity index (χ3v) is 4.20. The van der Waals surface area contributed by atoms with Crippen molar-refractivity contribution >= 4 is 27.6 Å². The number of esters is 1. The van der Waals surface area contributed by atoms with E-state index in [0.717, 1.165) is 35.7 Å². The van der Waals surface area contributed by atoms with E-state index in [1.54, 1.807) is 6.07 Å². The quantitative estimate of drug-likeness (QED) is 0.209. The monoisotopic (exact) mass is 371 g/mol. The number of hydrogen-bond donors (Lipinski definition) is 0. The molecule has 1 aromatic rings. The maximum absolute atomic E-state index is 11.6. The average molecular weight is 372 g/mol. The Balaban J connectivity index is 2.78. The number of rotatable bonds is 9. The van der Waals surface area contributed by atoms with Crippen LogP contribution in [-0.4, -0.2) is 23.3 Å². The summed E-state index contributed by atoms with van der Waals surface area (Å²) in [4.78, 5) is 22.3. The predicted octanol–water partition coefficient (Wildman–Crippen LogP) is 4.58. The molecule has 0 aliphatic carbocycles. The van der Waals surface area contributed by atoms with Crippen molar-refractivity contribution < 1.29 is 14.5 Å². The molecule has 0 amide bonds. The van der Waals surface area contributed by atoms with Crippen LogP contribution < -0.4 is 0 Å². The van der Waals surface area contributed by atoms with Gasteiger partial charge >= 0.3 is 5.97 Å². The van der Waals surface area contributed by atoms with Crippen LogP contribution in [0.25, 0.3) is 0 Å². The minimum Gasteiger partial charge on any atom is -0.465 e. The zero-order valence-corrected chi connectivity index (χ0v) is 14.6. The standard InChI is InChI=1S/C16H22BrNO4/c1-12-10-14(16(19)22-2)15(18(20)21)11-13(12)8-6-4-3-5-7-9-17/h10-11H,3-9H2,1-2H3. The van der Waals surface area contributed by atoms with Crippen molar-refractivity contribution in [3.05, 3.63) is 38.9 Å². The number of benzene rings is 1. The molecule has 0 unspecified atom stereocenters. The van der Waals surface area contributed by atoms with Crippen LogP contribution in [0.15, 0.2) is 12.1 Å². The van der Waals surface area contributed by atoms with Gasteiger partial charge in [0.15, 0.2) is 0 Å². The number of unbranched alkanes of at least 4 members (excludes halogenated alkanes) is 4. The van der Waals surface area contributed by atoms with Crippen molar-refractivity contribution in [2.24, 2.45) is 0 Å². The Kier molecular flexibility index (Phi) is 8.09. The lowest BCUT2D eigenvalue weighted by molar-refractivity contribution is -0.385. The second kappa shape index (κ2) is 9.56. The van der Waals surface area contributed by atoms with Crippen molar-refractivity contribution in [3.63, 3.8) is 0 Å². The lowest BCUT2D eigenvalue weighted by atomic mass is 9.98. The van der Waals surface area contributed by atoms with Gasteiger partial charge in [0.2, 0.25) is 0 Å². The van der Waals surface area contributed by atoms with Crippen LogP contribution in [0, 0.1) is 17.0 Å². The minimum absolute atomic E-state index is 0.0195. The lowest BCUT2D eigenvalue weighted by Gasteiger charge is -2.09. The molecule has 0 radical (unpaired) electrons. The fraction of sp³-hybridized carbons (Fsp3) is 0.562. The molecule has 0 N–H and O–H groups in total. The van der Waals surface area contributed by atoms with Crippen molar-refractivity contribution in [1.82, 2.24) is 0 Å². The first-order chi connectivity index (χ1) is 10.5. The highest BCUT2D eigenvalue weighted by atomic mass is 79.9. The van der Waals surface area contributed by atoms with Crippen molar-refractivity contribution in [3.8, 4) is 0 Å². The van der Waals surface area contributed by atoms with Crippen molar-refractivity contribution in [2.45, 2.75) is 45.4 Å². The van der Waals surface area contributed by atoms with Crippen LogP contribution in [-0.2, 0) is 11.2 Å². The highest BCUT2D eigenvalue weighted by molar-refractivity contribution is 9.09. The third-order valence-electron chi connectivity index (χ3n) is 3.64. The molecule has 6 heteroatoms. The number of carbonyl (C=O) groups is 1. The molecule has 0 aliphatic rings. The van der Waals surface area contributed by atoms with Gasteiger partial charge in [0.1, 0.15) is 5.56 Å². The number of nitro benzene ring substituents is 1. The van der Waals surface area contributed by atoms with Crippen LogP contribution in [0.2, 0.25) is 0 Å². The highest BCUT2D eigenvalue weighted by Gasteiger charge is 2.22. The summed E-state index contributed by atoms with van der Waals surface area (Å²) in [7, 11) is 1.22. The van der Waals surface area contributed by atoms with Crippen LogP contribution in [0.1, 0.15) is 53.6 Å². The number of hydrogen-bond acceptors (Lipinski definition) is 4. The smallest absolute Gasteiger partial charge is 0.344 e. The summed E-state index contributed by atoms with van der Waals surface area (Å²) in [6.07, 6.45) is 6.45. The van der Waals surface area contributed by atoms with Gasteiger partial charge in [-0.3, -0.25) is 10.1 Å². The van der Waals surface area contributed by atoms with E-state index in [9.17, 15) is 14.9 Å². The average Bonchev–Trinajstić information content (AvgIpc) is 2.50. The minimum atomic E-state index is -0.670. The zero-order chi connectivity index (χ0) is 16.5. The van der Waals surface area contributed by atoms with E-state index < -0.39 is 10.9 Å². The molecule has 0 bridgehead atoms. The van der Waals surface area contributed by atoms with Gasteiger partial charge in [0, 0.05) is 11.4 Å². The second-order valence-corrected chi connectivity index (χ2v) is 6.04. The Morgan fingerprint density at radius 1 is 1.23 bits per heavy atom. The molecule has 0 aromatic heterocycles. The molecule has 1 rings (SSSR count). The summed E-state index contributed by atoms with van der Waals surface area (Å²) in [5, 5.41) is 12.2. The number of aryl methyl sites for hydroxylation is 2. The SMILES string of the molecule is COC(=O)c1cc(C)c(CCCCCCCBr)cc1[N+](=O)[O-]. The van der Waals surface area contributed by atoms with Gasteiger partial charge < -0.3 is 4.74 Å². The van der Waals surface area contributed by atoms with Crippen LogP contribution in [0.5, 0.6) is 0 Å². The van der Waals surface area contributed by atoms with Gasteiger partial charge in [-0.05, 0) is 43.4 Å². The van der Waals surface area contributed by atoms with E-state index >= 15 is 0 Å². The lowest BCUT2D eigenvalue weighted by Crippen LogP contribution is -2.07. The van der Waals surface area contributed by atoms with Crippen LogP contribution in [0.3, 0.4) is 0 Å². The fourth-order valence-electron chi connectivity index (χ4n) is 2.37. The maximum atomic E-state index is 11.6. The largest absolute Gasteiger partial charge is 0.465 e. The molecule has 0 spiro atoms. The van der Waals surface area contributed by atoms with Crippen LogP contribution in [0.4, 0.5) is 5.69 Å². The number of halogens is 1. The van der Waals surface area contributed by atoms with Crippen LogP contribution >= 0.6 is 15.9 Å². The Labute approximate surface area is 139 Å². The predicted molar refractivity (Wildman–Crippen MR) is 89.8 cm³/mol. The van der Waals surface area contributed by atoms with E-state index in [1.165, 1.54) is 32.4 Å². The molecule has 0 heterocycles. The molecule has 0 atom stereocenters. The van der Waals surface area contributed by atoms with Gasteiger partial charge in [-0.15, -0.1) is 0 Å². The second-order valence-electron chi connectivity index (χ2n) is 5.25. The molecule has 1 aromatic carbocycles. The number of methoxy groups -OCH3 is 1. The Bertz CT molecular complexity index is 531. The molecule has 5 nitrogen and oxygen atoms in total. The number of nitrogens with zero attached hydrogens (tertiary/aromatic N) is 1. The summed E-state index contributed by atoms with van der Waals surface area (Å²) in [6, 6.07) is 3.07. The van der Waals surface area contributed by atoms with E-state index in [0.29, 0.717) is 0 Å². The van der Waals surface area contributed by atoms with Crippen molar-refractivity contribution in [1.29, 1.82) is 0 Å². The number of nitro groups is 1. The third kappa shape index (κ3) is 5.40.